The maximum absolute atomic E-state index is 13.4. The van der Waals surface area contributed by atoms with E-state index in [1.807, 2.05) is 85.8 Å². The van der Waals surface area contributed by atoms with Gasteiger partial charge in [0.25, 0.3) is 5.91 Å². The van der Waals surface area contributed by atoms with E-state index in [0.29, 0.717) is 12.1 Å². The zero-order valence-corrected chi connectivity index (χ0v) is 15.7. The van der Waals surface area contributed by atoms with Crippen LogP contribution in [0.5, 0.6) is 0 Å². The molecule has 4 nitrogen and oxygen atoms in total. The lowest BCUT2D eigenvalue weighted by atomic mass is 9.95. The average molecular weight is 370 g/mol. The molecule has 1 atom stereocenters. The van der Waals surface area contributed by atoms with Crippen molar-refractivity contribution in [3.05, 3.63) is 107 Å². The van der Waals surface area contributed by atoms with Crippen LogP contribution in [-0.4, -0.2) is 23.3 Å². The molecule has 28 heavy (non-hydrogen) atoms. The molecule has 1 heterocycles. The Labute approximate surface area is 164 Å². The fraction of sp³-hybridized carbons (Fsp3) is 0.167. The van der Waals surface area contributed by atoms with E-state index in [1.165, 1.54) is 0 Å². The van der Waals surface area contributed by atoms with Gasteiger partial charge in [-0.05, 0) is 29.7 Å². The standard InChI is InChI=1S/C24H22N2O2/c1-2-25-23(27)22-19-15-9-10-16-20(19)24(28)26(22)21(17-11-5-3-6-12-17)18-13-7-4-8-14-18/h3-16,21-22H,2H2,1H3,(H,25,27). The third kappa shape index (κ3) is 3.07. The van der Waals surface area contributed by atoms with Crippen LogP contribution < -0.4 is 5.32 Å². The number of nitrogens with one attached hydrogen (secondary N) is 1. The molecule has 3 aromatic rings. The number of rotatable bonds is 5. The van der Waals surface area contributed by atoms with E-state index in [-0.39, 0.29) is 17.9 Å². The molecule has 0 spiro atoms. The van der Waals surface area contributed by atoms with Gasteiger partial charge < -0.3 is 10.2 Å². The van der Waals surface area contributed by atoms with E-state index in [4.69, 9.17) is 0 Å². The number of benzene rings is 3. The van der Waals surface area contributed by atoms with Gasteiger partial charge in [0.15, 0.2) is 0 Å². The summed E-state index contributed by atoms with van der Waals surface area (Å²) in [6.45, 7) is 2.40. The topological polar surface area (TPSA) is 49.4 Å². The minimum absolute atomic E-state index is 0.121. The molecule has 0 aliphatic carbocycles. The molecule has 0 bridgehead atoms. The number of hydrogen-bond acceptors (Lipinski definition) is 2. The molecule has 0 fully saturated rings. The number of fused-ring (bicyclic) bond motifs is 1. The summed E-state index contributed by atoms with van der Waals surface area (Å²) in [6.07, 6.45) is 0. The smallest absolute Gasteiger partial charge is 0.255 e. The predicted molar refractivity (Wildman–Crippen MR) is 109 cm³/mol. The molecule has 1 aliphatic rings. The highest BCUT2D eigenvalue weighted by atomic mass is 16.2. The molecule has 1 aliphatic heterocycles. The quantitative estimate of drug-likeness (QED) is 0.735. The van der Waals surface area contributed by atoms with Crippen LogP contribution in [0.1, 0.15) is 46.1 Å². The fourth-order valence-electron chi connectivity index (χ4n) is 3.93. The van der Waals surface area contributed by atoms with Crippen LogP contribution in [0, 0.1) is 0 Å². The number of nitrogens with zero attached hydrogens (tertiary/aromatic N) is 1. The third-order valence-corrected chi connectivity index (χ3v) is 5.11. The van der Waals surface area contributed by atoms with Crippen LogP contribution >= 0.6 is 0 Å². The van der Waals surface area contributed by atoms with Crippen LogP contribution in [0.2, 0.25) is 0 Å². The summed E-state index contributed by atoms with van der Waals surface area (Å²) in [5, 5.41) is 2.90. The summed E-state index contributed by atoms with van der Waals surface area (Å²) >= 11 is 0. The average Bonchev–Trinajstić information content (AvgIpc) is 3.03. The molecule has 0 saturated carbocycles. The maximum atomic E-state index is 13.4. The van der Waals surface area contributed by atoms with Gasteiger partial charge in [0.1, 0.15) is 6.04 Å². The lowest BCUT2D eigenvalue weighted by Gasteiger charge is -2.33. The molecule has 0 aromatic heterocycles. The molecule has 0 radical (unpaired) electrons. The van der Waals surface area contributed by atoms with Gasteiger partial charge in [-0.2, -0.15) is 0 Å². The zero-order chi connectivity index (χ0) is 19.5. The summed E-state index contributed by atoms with van der Waals surface area (Å²) < 4.78 is 0. The lowest BCUT2D eigenvalue weighted by Crippen LogP contribution is -2.41. The predicted octanol–water partition coefficient (Wildman–Crippen LogP) is 4.11. The Morgan fingerprint density at radius 2 is 1.43 bits per heavy atom. The molecular weight excluding hydrogens is 348 g/mol. The van der Waals surface area contributed by atoms with E-state index < -0.39 is 6.04 Å². The molecule has 2 amide bonds. The van der Waals surface area contributed by atoms with Crippen molar-refractivity contribution in [3.63, 3.8) is 0 Å². The van der Waals surface area contributed by atoms with Crippen molar-refractivity contribution in [1.29, 1.82) is 0 Å². The fourth-order valence-corrected chi connectivity index (χ4v) is 3.93. The van der Waals surface area contributed by atoms with Crippen molar-refractivity contribution in [2.75, 3.05) is 6.54 Å². The van der Waals surface area contributed by atoms with Gasteiger partial charge in [0.05, 0.1) is 6.04 Å². The summed E-state index contributed by atoms with van der Waals surface area (Å²) in [7, 11) is 0. The second-order valence-electron chi connectivity index (χ2n) is 6.82. The lowest BCUT2D eigenvalue weighted by molar-refractivity contribution is -0.126. The molecule has 4 rings (SSSR count). The minimum atomic E-state index is -0.658. The van der Waals surface area contributed by atoms with Crippen molar-refractivity contribution in [2.24, 2.45) is 0 Å². The molecule has 3 aromatic carbocycles. The third-order valence-electron chi connectivity index (χ3n) is 5.11. The normalized spacial score (nSPS) is 15.6. The Bertz CT molecular complexity index is 946. The van der Waals surface area contributed by atoms with Gasteiger partial charge in [0.2, 0.25) is 5.91 Å². The number of likely N-dealkylation sites (N-methyl/N-ethyl adjacent to an activating group) is 1. The van der Waals surface area contributed by atoms with E-state index >= 15 is 0 Å². The Morgan fingerprint density at radius 1 is 0.893 bits per heavy atom. The van der Waals surface area contributed by atoms with Gasteiger partial charge >= 0.3 is 0 Å². The van der Waals surface area contributed by atoms with Crippen molar-refractivity contribution in [1.82, 2.24) is 10.2 Å². The van der Waals surface area contributed by atoms with Gasteiger partial charge in [-0.15, -0.1) is 0 Å². The van der Waals surface area contributed by atoms with E-state index in [1.54, 1.807) is 11.0 Å². The van der Waals surface area contributed by atoms with Gasteiger partial charge in [-0.1, -0.05) is 78.9 Å². The molecule has 0 saturated heterocycles. The Hall–Kier alpha value is -3.40. The van der Waals surface area contributed by atoms with Gasteiger partial charge in [-0.3, -0.25) is 9.59 Å². The summed E-state index contributed by atoms with van der Waals surface area (Å²) in [6, 6.07) is 26.1. The van der Waals surface area contributed by atoms with E-state index in [2.05, 4.69) is 5.32 Å². The molecule has 140 valence electrons. The van der Waals surface area contributed by atoms with Crippen molar-refractivity contribution in [3.8, 4) is 0 Å². The highest BCUT2D eigenvalue weighted by molar-refractivity contribution is 6.05. The highest BCUT2D eigenvalue weighted by Crippen LogP contribution is 2.42. The first-order valence-electron chi connectivity index (χ1n) is 9.51. The first kappa shape index (κ1) is 18.0. The number of carbonyl (C=O) groups excluding carboxylic acids is 2. The van der Waals surface area contributed by atoms with Crippen molar-refractivity contribution < 1.29 is 9.59 Å². The van der Waals surface area contributed by atoms with E-state index in [9.17, 15) is 9.59 Å². The molecular formula is C24H22N2O2. The summed E-state index contributed by atoms with van der Waals surface area (Å²) in [4.78, 5) is 28.2. The minimum Gasteiger partial charge on any atom is -0.354 e. The zero-order valence-electron chi connectivity index (χ0n) is 15.7. The number of amides is 2. The van der Waals surface area contributed by atoms with Crippen LogP contribution in [0.3, 0.4) is 0 Å². The highest BCUT2D eigenvalue weighted by Gasteiger charge is 2.45. The SMILES string of the molecule is CCNC(=O)C1c2ccccc2C(=O)N1C(c1ccccc1)c1ccccc1. The molecule has 4 heteroatoms. The number of carbonyl (C=O) groups is 2. The van der Waals surface area contributed by atoms with Gasteiger partial charge in [-0.25, -0.2) is 0 Å². The summed E-state index contributed by atoms with van der Waals surface area (Å²) in [5.41, 5.74) is 3.30. The van der Waals surface area contributed by atoms with E-state index in [0.717, 1.165) is 16.7 Å². The first-order chi connectivity index (χ1) is 13.7. The Balaban J connectivity index is 1.89. The second-order valence-corrected chi connectivity index (χ2v) is 6.82. The Morgan fingerprint density at radius 3 is 2.00 bits per heavy atom. The van der Waals surface area contributed by atoms with Crippen LogP contribution in [0.25, 0.3) is 0 Å². The monoisotopic (exact) mass is 370 g/mol. The number of hydrogen-bond donors (Lipinski definition) is 1. The van der Waals surface area contributed by atoms with Crippen molar-refractivity contribution in [2.45, 2.75) is 19.0 Å². The van der Waals surface area contributed by atoms with Crippen molar-refractivity contribution >= 4 is 11.8 Å². The van der Waals surface area contributed by atoms with Gasteiger partial charge in [0, 0.05) is 12.1 Å². The first-order valence-corrected chi connectivity index (χ1v) is 9.51. The van der Waals surface area contributed by atoms with Crippen LogP contribution in [0.15, 0.2) is 84.9 Å². The molecule has 1 N–H and O–H groups in total. The molecule has 1 unspecified atom stereocenters. The summed E-state index contributed by atoms with van der Waals surface area (Å²) in [5.74, 6) is -0.276. The maximum Gasteiger partial charge on any atom is 0.255 e. The largest absolute Gasteiger partial charge is 0.354 e. The van der Waals surface area contributed by atoms with Crippen LogP contribution in [-0.2, 0) is 4.79 Å². The second kappa shape index (κ2) is 7.69. The Kier molecular flexibility index (Phi) is 4.94. The van der Waals surface area contributed by atoms with Crippen LogP contribution in [0.4, 0.5) is 0 Å².